The fraction of sp³-hybridized carbons (Fsp3) is 0.600. The summed E-state index contributed by atoms with van der Waals surface area (Å²) in [6, 6.07) is 8.25. The number of ether oxygens (including phenoxy) is 1. The van der Waals surface area contributed by atoms with Crippen LogP contribution in [0.5, 0.6) is 0 Å². The first-order chi connectivity index (χ1) is 9.11. The zero-order valence-corrected chi connectivity index (χ0v) is 11.7. The molecule has 2 rings (SSSR count). The van der Waals surface area contributed by atoms with Crippen LogP contribution in [0, 0.1) is 0 Å². The number of benzene rings is 1. The summed E-state index contributed by atoms with van der Waals surface area (Å²) in [4.78, 5) is 2.19. The molecule has 1 fully saturated rings. The largest absolute Gasteiger partial charge is 0.387 e. The summed E-state index contributed by atoms with van der Waals surface area (Å²) in [5.74, 6) is 0. The molecule has 0 radical (unpaired) electrons. The van der Waals surface area contributed by atoms with Crippen LogP contribution in [0.15, 0.2) is 24.3 Å². The van der Waals surface area contributed by atoms with Gasteiger partial charge in [-0.1, -0.05) is 24.3 Å². The molecule has 0 bridgehead atoms. The van der Waals surface area contributed by atoms with Gasteiger partial charge in [0.1, 0.15) is 0 Å². The minimum Gasteiger partial charge on any atom is -0.387 e. The van der Waals surface area contributed by atoms with E-state index in [9.17, 15) is 5.11 Å². The predicted octanol–water partition coefficient (Wildman–Crippen LogP) is 1.29. The number of hydrogen-bond acceptors (Lipinski definition) is 4. The topological polar surface area (TPSA) is 58.7 Å². The summed E-state index contributed by atoms with van der Waals surface area (Å²) in [5, 5.41) is 10.3. The van der Waals surface area contributed by atoms with Crippen molar-refractivity contribution in [3.8, 4) is 0 Å². The number of aliphatic hydroxyl groups excluding tert-OH is 1. The second-order valence-electron chi connectivity index (χ2n) is 5.33. The molecule has 3 atom stereocenters. The van der Waals surface area contributed by atoms with Crippen molar-refractivity contribution < 1.29 is 9.84 Å². The second kappa shape index (κ2) is 6.48. The van der Waals surface area contributed by atoms with E-state index in [0.29, 0.717) is 19.1 Å². The highest BCUT2D eigenvalue weighted by Crippen LogP contribution is 2.21. The van der Waals surface area contributed by atoms with Crippen molar-refractivity contribution in [2.24, 2.45) is 5.73 Å². The van der Waals surface area contributed by atoms with E-state index in [-0.39, 0.29) is 6.10 Å². The number of aliphatic hydroxyl groups is 1. The molecule has 0 amide bonds. The van der Waals surface area contributed by atoms with Gasteiger partial charge in [0.05, 0.1) is 12.2 Å². The SMILES string of the molecule is CC1OCCC1N(C)CC(O)c1ccc(CN)cc1. The van der Waals surface area contributed by atoms with Crippen molar-refractivity contribution in [1.29, 1.82) is 0 Å². The van der Waals surface area contributed by atoms with Crippen LogP contribution in [0.2, 0.25) is 0 Å². The van der Waals surface area contributed by atoms with Crippen molar-refractivity contribution in [3.05, 3.63) is 35.4 Å². The van der Waals surface area contributed by atoms with Crippen LogP contribution < -0.4 is 5.73 Å². The van der Waals surface area contributed by atoms with Crippen LogP contribution in [0.3, 0.4) is 0 Å². The minimum atomic E-state index is -0.468. The van der Waals surface area contributed by atoms with E-state index < -0.39 is 6.10 Å². The van der Waals surface area contributed by atoms with E-state index in [0.717, 1.165) is 24.2 Å². The van der Waals surface area contributed by atoms with Gasteiger partial charge in [-0.2, -0.15) is 0 Å². The lowest BCUT2D eigenvalue weighted by molar-refractivity contribution is 0.0579. The maximum absolute atomic E-state index is 10.3. The fourth-order valence-electron chi connectivity index (χ4n) is 2.69. The molecule has 0 spiro atoms. The lowest BCUT2D eigenvalue weighted by Gasteiger charge is -2.28. The molecule has 106 valence electrons. The third-order valence-corrected chi connectivity index (χ3v) is 3.96. The molecule has 1 aromatic carbocycles. The van der Waals surface area contributed by atoms with Crippen molar-refractivity contribution in [3.63, 3.8) is 0 Å². The monoisotopic (exact) mass is 264 g/mol. The Morgan fingerprint density at radius 1 is 1.42 bits per heavy atom. The summed E-state index contributed by atoms with van der Waals surface area (Å²) >= 11 is 0. The quantitative estimate of drug-likeness (QED) is 0.841. The van der Waals surface area contributed by atoms with Crippen molar-refractivity contribution in [2.45, 2.75) is 38.1 Å². The van der Waals surface area contributed by atoms with Gasteiger partial charge >= 0.3 is 0 Å². The molecule has 3 N–H and O–H groups in total. The van der Waals surface area contributed by atoms with Gasteiger partial charge in [-0.25, -0.2) is 0 Å². The van der Waals surface area contributed by atoms with Gasteiger partial charge in [0.25, 0.3) is 0 Å². The molecular formula is C15H24N2O2. The highest BCUT2D eigenvalue weighted by molar-refractivity contribution is 5.24. The molecule has 1 saturated heterocycles. The van der Waals surface area contributed by atoms with E-state index >= 15 is 0 Å². The molecule has 1 heterocycles. The van der Waals surface area contributed by atoms with Crippen LogP contribution in [-0.2, 0) is 11.3 Å². The Morgan fingerprint density at radius 3 is 2.63 bits per heavy atom. The van der Waals surface area contributed by atoms with Crippen molar-refractivity contribution >= 4 is 0 Å². The standard InChI is InChI=1S/C15H24N2O2/c1-11-14(7-8-19-11)17(2)10-15(18)13-5-3-12(9-16)4-6-13/h3-6,11,14-15,18H,7-10,16H2,1-2H3. The Balaban J connectivity index is 1.93. The van der Waals surface area contributed by atoms with Crippen LogP contribution in [0.25, 0.3) is 0 Å². The number of nitrogens with two attached hydrogens (primary N) is 1. The van der Waals surface area contributed by atoms with Gasteiger partial charge in [-0.05, 0) is 31.5 Å². The lowest BCUT2D eigenvalue weighted by atomic mass is 10.0. The summed E-state index contributed by atoms with van der Waals surface area (Å²) in [5.41, 5.74) is 7.60. The molecule has 4 heteroatoms. The number of hydrogen-bond donors (Lipinski definition) is 2. The zero-order valence-electron chi connectivity index (χ0n) is 11.7. The highest BCUT2D eigenvalue weighted by atomic mass is 16.5. The molecule has 3 unspecified atom stereocenters. The van der Waals surface area contributed by atoms with Gasteiger partial charge in [0.15, 0.2) is 0 Å². The van der Waals surface area contributed by atoms with Crippen LogP contribution in [0.1, 0.15) is 30.6 Å². The van der Waals surface area contributed by atoms with Gasteiger partial charge in [-0.3, -0.25) is 4.90 Å². The third-order valence-electron chi connectivity index (χ3n) is 3.96. The minimum absolute atomic E-state index is 0.247. The smallest absolute Gasteiger partial charge is 0.0916 e. The number of likely N-dealkylation sites (N-methyl/N-ethyl adjacent to an activating group) is 1. The predicted molar refractivity (Wildman–Crippen MR) is 75.7 cm³/mol. The van der Waals surface area contributed by atoms with E-state index in [1.54, 1.807) is 0 Å². The van der Waals surface area contributed by atoms with Gasteiger partial charge in [-0.15, -0.1) is 0 Å². The Bertz CT molecular complexity index is 394. The van der Waals surface area contributed by atoms with Crippen molar-refractivity contribution in [1.82, 2.24) is 4.90 Å². The van der Waals surface area contributed by atoms with Gasteiger partial charge in [0.2, 0.25) is 0 Å². The molecule has 0 saturated carbocycles. The van der Waals surface area contributed by atoms with Gasteiger partial charge < -0.3 is 15.6 Å². The average Bonchev–Trinajstić information content (AvgIpc) is 2.85. The maximum Gasteiger partial charge on any atom is 0.0916 e. The first kappa shape index (κ1) is 14.5. The normalized spacial score (nSPS) is 24.9. The molecule has 1 aliphatic rings. The Kier molecular flexibility index (Phi) is 4.93. The summed E-state index contributed by atoms with van der Waals surface area (Å²) < 4.78 is 5.57. The summed E-state index contributed by atoms with van der Waals surface area (Å²) in [6.45, 7) is 4.07. The zero-order chi connectivity index (χ0) is 13.8. The molecule has 4 nitrogen and oxygen atoms in total. The van der Waals surface area contributed by atoms with E-state index in [1.165, 1.54) is 0 Å². The molecule has 0 aromatic heterocycles. The van der Waals surface area contributed by atoms with E-state index in [1.807, 2.05) is 31.3 Å². The summed E-state index contributed by atoms with van der Waals surface area (Å²) in [7, 11) is 2.05. The fourth-order valence-corrected chi connectivity index (χ4v) is 2.69. The lowest BCUT2D eigenvalue weighted by Crippen LogP contribution is -2.39. The molecular weight excluding hydrogens is 240 g/mol. The first-order valence-corrected chi connectivity index (χ1v) is 6.90. The molecule has 19 heavy (non-hydrogen) atoms. The summed E-state index contributed by atoms with van der Waals surface area (Å²) in [6.07, 6.45) is 0.817. The Labute approximate surface area is 115 Å². The van der Waals surface area contributed by atoms with Gasteiger partial charge in [0, 0.05) is 25.7 Å². The second-order valence-corrected chi connectivity index (χ2v) is 5.33. The van der Waals surface area contributed by atoms with E-state index in [4.69, 9.17) is 10.5 Å². The molecule has 1 aromatic rings. The van der Waals surface area contributed by atoms with Crippen LogP contribution in [-0.4, -0.2) is 42.4 Å². The number of rotatable bonds is 5. The van der Waals surface area contributed by atoms with E-state index in [2.05, 4.69) is 11.8 Å². The molecule has 1 aliphatic heterocycles. The highest BCUT2D eigenvalue weighted by Gasteiger charge is 2.28. The molecule has 0 aliphatic carbocycles. The Hall–Kier alpha value is -0.940. The first-order valence-electron chi connectivity index (χ1n) is 6.90. The Morgan fingerprint density at radius 2 is 2.11 bits per heavy atom. The maximum atomic E-state index is 10.3. The number of nitrogens with zero attached hydrogens (tertiary/aromatic N) is 1. The third kappa shape index (κ3) is 3.54. The van der Waals surface area contributed by atoms with Crippen LogP contribution in [0.4, 0.5) is 0 Å². The average molecular weight is 264 g/mol. The van der Waals surface area contributed by atoms with Crippen molar-refractivity contribution in [2.75, 3.05) is 20.2 Å². The van der Waals surface area contributed by atoms with Crippen LogP contribution >= 0.6 is 0 Å².